The average molecular weight is 450 g/mol. The highest BCUT2D eigenvalue weighted by atomic mass is 16.5. The Morgan fingerprint density at radius 3 is 2.55 bits per heavy atom. The molecule has 0 saturated heterocycles. The summed E-state index contributed by atoms with van der Waals surface area (Å²) in [6.45, 7) is 4.41. The molecule has 1 amide bonds. The summed E-state index contributed by atoms with van der Waals surface area (Å²) < 4.78 is 5.52. The minimum Gasteiger partial charge on any atom is -0.496 e. The minimum atomic E-state index is -0.143. The number of amides is 1. The summed E-state index contributed by atoms with van der Waals surface area (Å²) in [6, 6.07) is 11.3. The number of rotatable bonds is 11. The molecule has 9 nitrogen and oxygen atoms in total. The lowest BCUT2D eigenvalue weighted by molar-refractivity contribution is 0.0962. The first-order valence-corrected chi connectivity index (χ1v) is 10.9. The fraction of sp³-hybridized carbons (Fsp3) is 0.333. The molecule has 3 rings (SSSR count). The van der Waals surface area contributed by atoms with Gasteiger partial charge in [0, 0.05) is 56.0 Å². The second-order valence-electron chi connectivity index (χ2n) is 7.57. The zero-order chi connectivity index (χ0) is 23.6. The van der Waals surface area contributed by atoms with E-state index in [4.69, 9.17) is 4.74 Å². The third-order valence-electron chi connectivity index (χ3n) is 5.25. The summed E-state index contributed by atoms with van der Waals surface area (Å²) in [6.07, 6.45) is 3.34. The molecular formula is C24H31N7O2. The Morgan fingerprint density at radius 1 is 1.00 bits per heavy atom. The van der Waals surface area contributed by atoms with Crippen molar-refractivity contribution in [2.75, 3.05) is 51.5 Å². The highest BCUT2D eigenvalue weighted by molar-refractivity contribution is 5.94. The van der Waals surface area contributed by atoms with Gasteiger partial charge in [-0.3, -0.25) is 4.79 Å². The lowest BCUT2D eigenvalue weighted by Gasteiger charge is -2.17. The molecule has 0 bridgehead atoms. The number of carbonyl (C=O) groups excluding carboxylic acids is 1. The lowest BCUT2D eigenvalue weighted by atomic mass is 9.98. The van der Waals surface area contributed by atoms with Crippen LogP contribution in [0.2, 0.25) is 0 Å². The molecule has 2 heterocycles. The number of pyridine rings is 1. The first-order valence-electron chi connectivity index (χ1n) is 10.9. The van der Waals surface area contributed by atoms with Gasteiger partial charge >= 0.3 is 0 Å². The maximum atomic E-state index is 11.9. The molecule has 0 radical (unpaired) electrons. The zero-order valence-corrected chi connectivity index (χ0v) is 19.5. The van der Waals surface area contributed by atoms with Gasteiger partial charge in [0.25, 0.3) is 5.91 Å². The van der Waals surface area contributed by atoms with Crippen LogP contribution in [0.5, 0.6) is 5.75 Å². The largest absolute Gasteiger partial charge is 0.496 e. The normalized spacial score (nSPS) is 11.5. The molecule has 0 aliphatic carbocycles. The number of likely N-dealkylation sites (N-methyl/N-ethyl adjacent to an activating group) is 1. The number of ether oxygens (including phenoxy) is 1. The van der Waals surface area contributed by atoms with Gasteiger partial charge in [-0.1, -0.05) is 13.0 Å². The van der Waals surface area contributed by atoms with Crippen molar-refractivity contribution in [3.8, 4) is 17.0 Å². The van der Waals surface area contributed by atoms with Crippen LogP contribution >= 0.6 is 0 Å². The highest BCUT2D eigenvalue weighted by Gasteiger charge is 2.15. The van der Waals surface area contributed by atoms with Gasteiger partial charge in [-0.25, -0.2) is 15.0 Å². The Hall–Kier alpha value is -3.72. The molecule has 1 atom stereocenters. The van der Waals surface area contributed by atoms with Gasteiger partial charge in [0.15, 0.2) is 0 Å². The van der Waals surface area contributed by atoms with E-state index in [0.717, 1.165) is 41.5 Å². The number of nitrogens with one attached hydrogen (secondary N) is 4. The van der Waals surface area contributed by atoms with Gasteiger partial charge in [-0.15, -0.1) is 0 Å². The summed E-state index contributed by atoms with van der Waals surface area (Å²) in [4.78, 5) is 25.1. The van der Waals surface area contributed by atoms with Crippen molar-refractivity contribution in [2.24, 2.45) is 0 Å². The summed E-state index contributed by atoms with van der Waals surface area (Å²) in [5, 5.41) is 12.3. The monoisotopic (exact) mass is 449 g/mol. The van der Waals surface area contributed by atoms with Crippen molar-refractivity contribution in [3.05, 3.63) is 60.0 Å². The van der Waals surface area contributed by atoms with E-state index in [-0.39, 0.29) is 11.8 Å². The summed E-state index contributed by atoms with van der Waals surface area (Å²) >= 11 is 0. The SMILES string of the molecule is CNCCNc1ccc(-c2cc(NC[C@@H](C)c3ccc(C(=O)NC)cc3OC)ncn2)cn1. The molecule has 0 spiro atoms. The third-order valence-corrected chi connectivity index (χ3v) is 5.25. The van der Waals surface area contributed by atoms with Crippen LogP contribution in [0.15, 0.2) is 48.9 Å². The molecule has 9 heteroatoms. The van der Waals surface area contributed by atoms with E-state index in [1.54, 1.807) is 38.8 Å². The molecule has 3 aromatic rings. The van der Waals surface area contributed by atoms with Crippen molar-refractivity contribution in [3.63, 3.8) is 0 Å². The predicted molar refractivity (Wildman–Crippen MR) is 131 cm³/mol. The van der Waals surface area contributed by atoms with E-state index in [1.165, 1.54) is 0 Å². The van der Waals surface area contributed by atoms with Crippen LogP contribution < -0.4 is 26.0 Å². The molecule has 0 aliphatic rings. The topological polar surface area (TPSA) is 113 Å². The number of hydrogen-bond donors (Lipinski definition) is 4. The van der Waals surface area contributed by atoms with Gasteiger partial charge in [0.1, 0.15) is 23.7 Å². The van der Waals surface area contributed by atoms with E-state index in [9.17, 15) is 4.79 Å². The van der Waals surface area contributed by atoms with Crippen LogP contribution in [-0.2, 0) is 0 Å². The van der Waals surface area contributed by atoms with Crippen LogP contribution in [-0.4, -0.2) is 61.7 Å². The molecule has 0 unspecified atom stereocenters. The Labute approximate surface area is 194 Å². The first-order chi connectivity index (χ1) is 16.0. The third kappa shape index (κ3) is 6.39. The van der Waals surface area contributed by atoms with Crippen LogP contribution in [0.4, 0.5) is 11.6 Å². The van der Waals surface area contributed by atoms with Crippen molar-refractivity contribution < 1.29 is 9.53 Å². The van der Waals surface area contributed by atoms with Crippen LogP contribution in [0.3, 0.4) is 0 Å². The number of nitrogens with zero attached hydrogens (tertiary/aromatic N) is 3. The zero-order valence-electron chi connectivity index (χ0n) is 19.5. The quantitative estimate of drug-likeness (QED) is 0.331. The number of anilines is 2. The fourth-order valence-corrected chi connectivity index (χ4v) is 3.35. The smallest absolute Gasteiger partial charge is 0.251 e. The number of benzene rings is 1. The summed E-state index contributed by atoms with van der Waals surface area (Å²) in [7, 11) is 5.13. The predicted octanol–water partition coefficient (Wildman–Crippen LogP) is 2.75. The molecule has 33 heavy (non-hydrogen) atoms. The number of methoxy groups -OCH3 is 1. The highest BCUT2D eigenvalue weighted by Crippen LogP contribution is 2.28. The van der Waals surface area contributed by atoms with Gasteiger partial charge in [-0.05, 0) is 36.9 Å². The Balaban J connectivity index is 1.65. The first kappa shape index (κ1) is 23.9. The maximum Gasteiger partial charge on any atom is 0.251 e. The maximum absolute atomic E-state index is 11.9. The standard InChI is InChI=1S/C24H31N7O2/c1-16(19-7-5-17(24(32)26-3)11-21(19)33-4)13-28-23-12-20(30-15-31-23)18-6-8-22(29-14-18)27-10-9-25-2/h5-8,11-12,14-16,25H,9-10,13H2,1-4H3,(H,26,32)(H,27,29)(H,28,30,31)/t16-/m1/s1. The molecule has 0 saturated carbocycles. The molecule has 1 aromatic carbocycles. The van der Waals surface area contributed by atoms with Crippen molar-refractivity contribution >= 4 is 17.5 Å². The van der Waals surface area contributed by atoms with Gasteiger partial charge in [0.2, 0.25) is 0 Å². The fourth-order valence-electron chi connectivity index (χ4n) is 3.35. The van der Waals surface area contributed by atoms with E-state index in [1.807, 2.05) is 31.3 Å². The summed E-state index contributed by atoms with van der Waals surface area (Å²) in [5.41, 5.74) is 3.29. The number of hydrogen-bond acceptors (Lipinski definition) is 8. The Morgan fingerprint density at radius 2 is 1.85 bits per heavy atom. The Bertz CT molecular complexity index is 1060. The second kappa shape index (κ2) is 11.8. The lowest BCUT2D eigenvalue weighted by Crippen LogP contribution is -2.18. The second-order valence-corrected chi connectivity index (χ2v) is 7.57. The van der Waals surface area contributed by atoms with E-state index in [0.29, 0.717) is 17.9 Å². The van der Waals surface area contributed by atoms with Crippen LogP contribution in [0.1, 0.15) is 28.8 Å². The molecule has 4 N–H and O–H groups in total. The van der Waals surface area contributed by atoms with E-state index < -0.39 is 0 Å². The molecule has 0 fully saturated rings. The molecule has 0 aliphatic heterocycles. The minimum absolute atomic E-state index is 0.127. The van der Waals surface area contributed by atoms with E-state index >= 15 is 0 Å². The van der Waals surface area contributed by atoms with Gasteiger partial charge in [0.05, 0.1) is 12.8 Å². The van der Waals surface area contributed by atoms with Crippen molar-refractivity contribution in [1.29, 1.82) is 0 Å². The van der Waals surface area contributed by atoms with E-state index in [2.05, 4.69) is 43.1 Å². The molecule has 2 aromatic heterocycles. The number of aromatic nitrogens is 3. The molecular weight excluding hydrogens is 418 g/mol. The Kier molecular flexibility index (Phi) is 8.54. The van der Waals surface area contributed by atoms with Crippen molar-refractivity contribution in [1.82, 2.24) is 25.6 Å². The number of carbonyl (C=O) groups is 1. The van der Waals surface area contributed by atoms with Crippen molar-refractivity contribution in [2.45, 2.75) is 12.8 Å². The van der Waals surface area contributed by atoms with Crippen LogP contribution in [0.25, 0.3) is 11.3 Å². The van der Waals surface area contributed by atoms with Crippen LogP contribution in [0, 0.1) is 0 Å². The summed E-state index contributed by atoms with van der Waals surface area (Å²) in [5.74, 6) is 2.22. The molecule has 174 valence electrons. The average Bonchev–Trinajstić information content (AvgIpc) is 2.87. The van der Waals surface area contributed by atoms with Gasteiger partial charge < -0.3 is 26.0 Å². The van der Waals surface area contributed by atoms with Gasteiger partial charge in [-0.2, -0.15) is 0 Å².